The van der Waals surface area contributed by atoms with Crippen LogP contribution in [0.4, 0.5) is 0 Å². The minimum Gasteiger partial charge on any atom is -0.396 e. The maximum atomic E-state index is 9.44. The van der Waals surface area contributed by atoms with E-state index in [1.165, 1.54) is 44.9 Å². The molecule has 8 nitrogen and oxygen atoms in total. The third-order valence-electron chi connectivity index (χ3n) is 2.19. The van der Waals surface area contributed by atoms with Crippen LogP contribution in [0.2, 0.25) is 0 Å². The molecule has 9 N–H and O–H groups in total. The molecule has 10 heteroatoms. The third kappa shape index (κ3) is 36.2. The van der Waals surface area contributed by atoms with Crippen LogP contribution in [0.5, 0.6) is 0 Å². The Morgan fingerprint density at radius 2 is 1.15 bits per heavy atom. The van der Waals surface area contributed by atoms with Gasteiger partial charge >= 0.3 is 16.5 Å². The number of aliphatic hydroxyl groups excluding tert-OH is 1. The molecule has 128 valence electrons. The Bertz CT molecular complexity index is 202. The van der Waals surface area contributed by atoms with Gasteiger partial charge in [-0.05, 0) is 6.42 Å². The fourth-order valence-electron chi connectivity index (χ4n) is 1.32. The lowest BCUT2D eigenvalue weighted by Gasteiger charge is -1.98. The first-order chi connectivity index (χ1) is 8.54. The van der Waals surface area contributed by atoms with E-state index in [1.54, 1.807) is 0 Å². The molecule has 0 fully saturated rings. The van der Waals surface area contributed by atoms with Crippen LogP contribution in [-0.4, -0.2) is 21.5 Å². The Kier molecular flexibility index (Phi) is 34.4. The largest absolute Gasteiger partial charge is 0.396 e. The van der Waals surface area contributed by atoms with E-state index in [4.69, 9.17) is 14.9 Å². The van der Waals surface area contributed by atoms with Crippen LogP contribution < -0.4 is 12.3 Å². The molecule has 0 rings (SSSR count). The minimum atomic E-state index is -3.20. The molecule has 0 aromatic rings. The van der Waals surface area contributed by atoms with E-state index < -0.39 is 16.5 Å². The second-order valence-corrected chi connectivity index (χ2v) is 5.71. The minimum absolute atomic E-state index is 0. The van der Waals surface area contributed by atoms with Gasteiger partial charge in [0.15, 0.2) is 0 Å². The highest BCUT2D eigenvalue weighted by atomic mass is 31.2. The lowest BCUT2D eigenvalue weighted by molar-refractivity contribution is 0.282. The Balaban J connectivity index is -0.000000126. The van der Waals surface area contributed by atoms with Gasteiger partial charge in [0.25, 0.3) is 0 Å². The number of hydrogen-bond donors (Lipinski definition) is 5. The van der Waals surface area contributed by atoms with Crippen LogP contribution in [0.3, 0.4) is 0 Å². The lowest BCUT2D eigenvalue weighted by Crippen LogP contribution is -1.83. The van der Waals surface area contributed by atoms with Crippen molar-refractivity contribution in [1.29, 1.82) is 0 Å². The van der Waals surface area contributed by atoms with Gasteiger partial charge in [-0.25, -0.2) is 4.31 Å². The molecule has 0 aliphatic carbocycles. The Morgan fingerprint density at radius 3 is 1.40 bits per heavy atom. The maximum absolute atomic E-state index is 9.44. The molecule has 20 heavy (non-hydrogen) atoms. The Hall–Kier alpha value is 0.220. The molecule has 0 aromatic heterocycles. The van der Waals surface area contributed by atoms with Crippen molar-refractivity contribution in [3.05, 3.63) is 0 Å². The molecule has 0 aliphatic heterocycles. The van der Waals surface area contributed by atoms with Crippen molar-refractivity contribution in [2.75, 3.05) is 6.61 Å². The first-order valence-electron chi connectivity index (χ1n) is 6.29. The standard InChI is InChI=1S/C10H22O.2H3N.H4O5P2/c1-2-3-4-5-6-7-8-9-10-11;;;1-6(2)5-7(3)4/h11H,2-10H2,1H3;2*1H3;6-7H,(H,1,2)(H,3,4). The molecular weight excluding hydrogens is 306 g/mol. The zero-order valence-corrected chi connectivity index (χ0v) is 14.3. The van der Waals surface area contributed by atoms with Crippen LogP contribution in [-0.2, 0) is 13.4 Å². The Labute approximate surface area is 123 Å². The van der Waals surface area contributed by atoms with Crippen molar-refractivity contribution in [3.8, 4) is 0 Å². The summed E-state index contributed by atoms with van der Waals surface area (Å²) in [5.74, 6) is 0. The van der Waals surface area contributed by atoms with E-state index in [2.05, 4.69) is 11.2 Å². The SMILES string of the molecule is CCCCCCCCCCO.N.N.O=[PH](O)O[PH](=O)O. The summed E-state index contributed by atoms with van der Waals surface area (Å²) in [7, 11) is -6.40. The van der Waals surface area contributed by atoms with Gasteiger partial charge in [0.1, 0.15) is 0 Å². The van der Waals surface area contributed by atoms with E-state index in [0.717, 1.165) is 6.42 Å². The molecule has 0 spiro atoms. The van der Waals surface area contributed by atoms with Gasteiger partial charge in [-0.3, -0.25) is 9.13 Å². The van der Waals surface area contributed by atoms with Crippen molar-refractivity contribution < 1.29 is 28.3 Å². The van der Waals surface area contributed by atoms with Crippen LogP contribution in [0, 0.1) is 0 Å². The number of aliphatic hydroxyl groups is 1. The van der Waals surface area contributed by atoms with Crippen LogP contribution in [0.25, 0.3) is 0 Å². The molecular formula is C10H32N2O6P2. The van der Waals surface area contributed by atoms with Crippen molar-refractivity contribution in [3.63, 3.8) is 0 Å². The molecule has 0 heterocycles. The molecule has 0 aromatic carbocycles. The van der Waals surface area contributed by atoms with Crippen LogP contribution in [0.1, 0.15) is 58.3 Å². The van der Waals surface area contributed by atoms with Crippen molar-refractivity contribution in [1.82, 2.24) is 12.3 Å². The van der Waals surface area contributed by atoms with Crippen LogP contribution in [0.15, 0.2) is 0 Å². The molecule has 0 radical (unpaired) electrons. The lowest BCUT2D eigenvalue weighted by atomic mass is 10.1. The predicted molar refractivity (Wildman–Crippen MR) is 83.3 cm³/mol. The van der Waals surface area contributed by atoms with E-state index in [0.29, 0.717) is 6.61 Å². The molecule has 0 saturated carbocycles. The highest BCUT2D eigenvalue weighted by Crippen LogP contribution is 2.30. The molecule has 0 saturated heterocycles. The normalized spacial score (nSPS) is 12.2. The summed E-state index contributed by atoms with van der Waals surface area (Å²) in [6.07, 6.45) is 10.4. The summed E-state index contributed by atoms with van der Waals surface area (Å²) in [5, 5.41) is 8.51. The Morgan fingerprint density at radius 1 is 0.800 bits per heavy atom. The summed E-state index contributed by atoms with van der Waals surface area (Å²) in [5.41, 5.74) is 0. The topological polar surface area (TPSA) is 174 Å². The zero-order valence-electron chi connectivity index (χ0n) is 12.3. The molecule has 2 atom stereocenters. The van der Waals surface area contributed by atoms with Gasteiger partial charge in [-0.15, -0.1) is 0 Å². The van der Waals surface area contributed by atoms with Gasteiger partial charge in [-0.2, -0.15) is 0 Å². The summed E-state index contributed by atoms with van der Waals surface area (Å²) >= 11 is 0. The summed E-state index contributed by atoms with van der Waals surface area (Å²) in [4.78, 5) is 15.4. The zero-order chi connectivity index (χ0) is 14.2. The molecule has 2 unspecified atom stereocenters. The number of rotatable bonds is 10. The molecule has 0 bridgehead atoms. The highest BCUT2D eigenvalue weighted by Gasteiger charge is 1.93. The van der Waals surface area contributed by atoms with Gasteiger partial charge < -0.3 is 27.2 Å². The highest BCUT2D eigenvalue weighted by molar-refractivity contribution is 7.46. The van der Waals surface area contributed by atoms with Crippen molar-refractivity contribution in [2.24, 2.45) is 0 Å². The van der Waals surface area contributed by atoms with E-state index in [9.17, 15) is 9.13 Å². The molecule has 0 aliphatic rings. The van der Waals surface area contributed by atoms with E-state index in [-0.39, 0.29) is 12.3 Å². The quantitative estimate of drug-likeness (QED) is 0.298. The van der Waals surface area contributed by atoms with Crippen LogP contribution >= 0.6 is 16.5 Å². The average Bonchev–Trinajstić information content (AvgIpc) is 2.27. The number of unbranched alkanes of at least 4 members (excludes halogenated alkanes) is 7. The fourth-order valence-corrected chi connectivity index (χ4v) is 1.92. The summed E-state index contributed by atoms with van der Waals surface area (Å²) < 4.78 is 22.3. The first-order valence-corrected chi connectivity index (χ1v) is 8.81. The van der Waals surface area contributed by atoms with Crippen molar-refractivity contribution in [2.45, 2.75) is 58.3 Å². The van der Waals surface area contributed by atoms with Crippen molar-refractivity contribution >= 4 is 16.5 Å². The van der Waals surface area contributed by atoms with E-state index in [1.807, 2.05) is 0 Å². The predicted octanol–water partition coefficient (Wildman–Crippen LogP) is 3.21. The van der Waals surface area contributed by atoms with E-state index >= 15 is 0 Å². The molecule has 0 amide bonds. The average molecular weight is 338 g/mol. The second-order valence-electron chi connectivity index (χ2n) is 3.83. The third-order valence-corrected chi connectivity index (χ3v) is 3.58. The first kappa shape index (κ1) is 28.4. The second kappa shape index (κ2) is 24.3. The number of hydrogen-bond acceptors (Lipinski definition) is 6. The fraction of sp³-hybridized carbons (Fsp3) is 1.00. The summed E-state index contributed by atoms with van der Waals surface area (Å²) in [6, 6.07) is 0. The van der Waals surface area contributed by atoms with Gasteiger partial charge in [-0.1, -0.05) is 51.9 Å². The van der Waals surface area contributed by atoms with Gasteiger partial charge in [0.2, 0.25) is 0 Å². The smallest absolute Gasteiger partial charge is 0.323 e. The monoisotopic (exact) mass is 338 g/mol. The van der Waals surface area contributed by atoms with Gasteiger partial charge in [0.05, 0.1) is 0 Å². The van der Waals surface area contributed by atoms with Gasteiger partial charge in [0, 0.05) is 6.61 Å². The maximum Gasteiger partial charge on any atom is 0.323 e. The summed E-state index contributed by atoms with van der Waals surface area (Å²) in [6.45, 7) is 2.61.